The van der Waals surface area contributed by atoms with Gasteiger partial charge in [0.15, 0.2) is 5.78 Å². The highest BCUT2D eigenvalue weighted by Gasteiger charge is 2.46. The molecule has 0 bridgehead atoms. The number of hydrogen-bond acceptors (Lipinski definition) is 4. The lowest BCUT2D eigenvalue weighted by Crippen LogP contribution is -2.60. The monoisotopic (exact) mass is 723 g/mol. The Balaban J connectivity index is 1.72. The number of thiocarbonyl (C=S) groups is 1. The molecule has 50 heavy (non-hydrogen) atoms. The zero-order valence-electron chi connectivity index (χ0n) is 28.5. The van der Waals surface area contributed by atoms with Gasteiger partial charge < -0.3 is 16.0 Å². The van der Waals surface area contributed by atoms with Crippen LogP contribution in [-0.4, -0.2) is 33.0 Å². The number of carbonyl (C=O) groups excluding carboxylic acids is 3. The first-order chi connectivity index (χ1) is 23.3. The summed E-state index contributed by atoms with van der Waals surface area (Å²) in [6.07, 6.45) is -9.11. The summed E-state index contributed by atoms with van der Waals surface area (Å²) < 4.78 is 82.8. The Morgan fingerprint density at radius 1 is 0.900 bits per heavy atom. The van der Waals surface area contributed by atoms with E-state index in [9.17, 15) is 40.7 Å². The van der Waals surface area contributed by atoms with E-state index < -0.39 is 64.9 Å². The molecule has 1 amide bonds. The number of para-hydroxylation sites is 1. The van der Waals surface area contributed by atoms with Crippen molar-refractivity contribution >= 4 is 45.6 Å². The summed E-state index contributed by atoms with van der Waals surface area (Å²) in [6.45, 7) is 7.39. The van der Waals surface area contributed by atoms with Gasteiger partial charge >= 0.3 is 12.4 Å². The lowest BCUT2D eigenvalue weighted by Gasteiger charge is -2.39. The van der Waals surface area contributed by atoms with Crippen LogP contribution in [0.1, 0.15) is 87.7 Å². The average molecular weight is 724 g/mol. The highest BCUT2D eigenvalue weighted by Crippen LogP contribution is 2.41. The molecule has 2 unspecified atom stereocenters. The fourth-order valence-electron chi connectivity index (χ4n) is 7.03. The maximum atomic E-state index is 14.4. The quantitative estimate of drug-likeness (QED) is 0.115. The molecule has 0 fully saturated rings. The number of H-pyrrole nitrogens is 1. The number of aryl methyl sites for hydroxylation is 1. The molecule has 3 aromatic rings. The second kappa shape index (κ2) is 15.2. The van der Waals surface area contributed by atoms with Gasteiger partial charge in [-0.05, 0) is 47.9 Å². The fourth-order valence-corrected chi connectivity index (χ4v) is 7.35. The van der Waals surface area contributed by atoms with Crippen molar-refractivity contribution in [2.75, 3.05) is 0 Å². The number of benzene rings is 2. The third kappa shape index (κ3) is 8.41. The van der Waals surface area contributed by atoms with Crippen molar-refractivity contribution in [2.45, 2.75) is 97.0 Å². The van der Waals surface area contributed by atoms with Crippen molar-refractivity contribution in [1.82, 2.24) is 10.3 Å². The molecule has 0 radical (unpaired) electrons. The average Bonchev–Trinajstić information content (AvgIpc) is 3.42. The van der Waals surface area contributed by atoms with Gasteiger partial charge in [-0.1, -0.05) is 83.1 Å². The normalized spacial score (nSPS) is 18.9. The molecule has 4 N–H and O–H groups in total. The molecule has 5 atom stereocenters. The number of alkyl halides is 6. The standard InChI is InChI=1S/C37H43F6N3O3S/c1-5-20(3)25(33(44)50)18-31(48)35(15-14-30-27(19-35)24-11-9-13-29(32(24)45-30)37(41,42)43)46-34(49)26(21(4)6-2)17-23(47)16-22-10-7-8-12-28(22)36(38,39)40/h7-13,20-21,25-26,45H,5-6,14-19H2,1-4H3,(H2,44,50)(H,46,49)/t20?,21?,25-,26-,35+/m0/s1. The molecule has 4 rings (SSSR count). The first-order valence-corrected chi connectivity index (χ1v) is 17.2. The van der Waals surface area contributed by atoms with Gasteiger partial charge in [-0.25, -0.2) is 0 Å². The molecule has 13 heteroatoms. The number of hydrogen-bond donors (Lipinski definition) is 3. The number of nitrogens with two attached hydrogens (primary N) is 1. The van der Waals surface area contributed by atoms with Gasteiger partial charge in [0.1, 0.15) is 11.3 Å². The van der Waals surface area contributed by atoms with Crippen molar-refractivity contribution in [3.8, 4) is 0 Å². The molecule has 0 spiro atoms. The van der Waals surface area contributed by atoms with Crippen LogP contribution < -0.4 is 11.1 Å². The first kappa shape index (κ1) is 39.1. The van der Waals surface area contributed by atoms with Gasteiger partial charge in [-0.2, -0.15) is 26.3 Å². The number of halogens is 6. The number of amides is 1. The van der Waals surface area contributed by atoms with E-state index in [2.05, 4.69) is 10.3 Å². The van der Waals surface area contributed by atoms with Crippen LogP contribution in [0.15, 0.2) is 42.5 Å². The predicted molar refractivity (Wildman–Crippen MR) is 183 cm³/mol. The second-order valence-electron chi connectivity index (χ2n) is 13.6. The third-order valence-corrected chi connectivity index (χ3v) is 10.7. The zero-order chi connectivity index (χ0) is 37.2. The van der Waals surface area contributed by atoms with Crippen molar-refractivity contribution in [3.05, 3.63) is 70.4 Å². The zero-order valence-corrected chi connectivity index (χ0v) is 29.3. The van der Waals surface area contributed by atoms with Crippen LogP contribution in [-0.2, 0) is 46.0 Å². The van der Waals surface area contributed by atoms with E-state index in [1.54, 1.807) is 13.0 Å². The largest absolute Gasteiger partial charge is 0.418 e. The van der Waals surface area contributed by atoms with Gasteiger partial charge in [0, 0.05) is 48.6 Å². The van der Waals surface area contributed by atoms with Gasteiger partial charge in [-0.15, -0.1) is 0 Å². The van der Waals surface area contributed by atoms with E-state index >= 15 is 0 Å². The molecule has 0 aliphatic heterocycles. The summed E-state index contributed by atoms with van der Waals surface area (Å²) in [5, 5.41) is 3.24. The summed E-state index contributed by atoms with van der Waals surface area (Å²) in [6, 6.07) is 8.58. The minimum atomic E-state index is -4.67. The van der Waals surface area contributed by atoms with Crippen LogP contribution >= 0.6 is 12.2 Å². The Morgan fingerprint density at radius 2 is 1.50 bits per heavy atom. The molecule has 0 saturated carbocycles. The van der Waals surface area contributed by atoms with Crippen molar-refractivity contribution in [1.29, 1.82) is 0 Å². The van der Waals surface area contributed by atoms with Gasteiger partial charge in [0.25, 0.3) is 0 Å². The molecule has 6 nitrogen and oxygen atoms in total. The van der Waals surface area contributed by atoms with Crippen LogP contribution in [0.25, 0.3) is 10.9 Å². The molecule has 2 aromatic carbocycles. The number of ketones is 2. The minimum Gasteiger partial charge on any atom is -0.393 e. The molecular formula is C37H43F6N3O3S. The van der Waals surface area contributed by atoms with E-state index in [-0.39, 0.29) is 65.3 Å². The fraction of sp³-hybridized carbons (Fsp3) is 0.514. The Hall–Kier alpha value is -3.74. The number of fused-ring (bicyclic) bond motifs is 3. The van der Waals surface area contributed by atoms with Crippen LogP contribution in [0.3, 0.4) is 0 Å². The summed E-state index contributed by atoms with van der Waals surface area (Å²) in [4.78, 5) is 45.0. The molecule has 1 aliphatic rings. The number of rotatable bonds is 14. The number of Topliss-reactive ketones (excluding diaryl/α,β-unsaturated/α-hetero) is 2. The Bertz CT molecular complexity index is 1750. The summed E-state index contributed by atoms with van der Waals surface area (Å²) in [5.74, 6) is -3.54. The Kier molecular flexibility index (Phi) is 11.9. The SMILES string of the molecule is CCC(C)[C@H](CC(=O)Cc1ccccc1C(F)(F)F)C(=O)N[C@]1(C(=O)C[C@H](C(N)=S)C(C)CC)CCc2[nH]c3c(C(F)(F)F)cccc3c2C1. The summed E-state index contributed by atoms with van der Waals surface area (Å²) >= 11 is 5.31. The van der Waals surface area contributed by atoms with E-state index in [0.717, 1.165) is 12.1 Å². The maximum absolute atomic E-state index is 14.4. The molecule has 1 aliphatic carbocycles. The molecule has 1 heterocycles. The van der Waals surface area contributed by atoms with E-state index in [1.165, 1.54) is 24.3 Å². The number of nitrogens with one attached hydrogen (secondary N) is 2. The predicted octanol–water partition coefficient (Wildman–Crippen LogP) is 8.32. The third-order valence-electron chi connectivity index (χ3n) is 10.4. The van der Waals surface area contributed by atoms with Gasteiger partial charge in [0.2, 0.25) is 5.91 Å². The second-order valence-corrected chi connectivity index (χ2v) is 14.1. The molecule has 0 saturated heterocycles. The molecule has 272 valence electrons. The molecule has 1 aromatic heterocycles. The number of aromatic amines is 1. The van der Waals surface area contributed by atoms with Crippen molar-refractivity contribution in [3.63, 3.8) is 0 Å². The maximum Gasteiger partial charge on any atom is 0.418 e. The van der Waals surface area contributed by atoms with Crippen LogP contribution in [0, 0.1) is 23.7 Å². The van der Waals surface area contributed by atoms with E-state index in [4.69, 9.17) is 18.0 Å². The Labute approximate surface area is 292 Å². The van der Waals surface area contributed by atoms with E-state index in [0.29, 0.717) is 24.1 Å². The smallest absolute Gasteiger partial charge is 0.393 e. The van der Waals surface area contributed by atoms with Gasteiger partial charge in [-0.3, -0.25) is 14.4 Å². The van der Waals surface area contributed by atoms with Crippen molar-refractivity contribution < 1.29 is 40.7 Å². The molecular weight excluding hydrogens is 680 g/mol. The lowest BCUT2D eigenvalue weighted by atomic mass is 9.72. The first-order valence-electron chi connectivity index (χ1n) is 16.8. The lowest BCUT2D eigenvalue weighted by molar-refractivity contribution is -0.139. The van der Waals surface area contributed by atoms with E-state index in [1.807, 2.05) is 20.8 Å². The highest BCUT2D eigenvalue weighted by atomic mass is 32.1. The minimum absolute atomic E-state index is 0.0590. The number of aromatic nitrogens is 1. The van der Waals surface area contributed by atoms with Crippen LogP contribution in [0.4, 0.5) is 26.3 Å². The Morgan fingerprint density at radius 3 is 2.10 bits per heavy atom. The van der Waals surface area contributed by atoms with Crippen LogP contribution in [0.5, 0.6) is 0 Å². The summed E-state index contributed by atoms with van der Waals surface area (Å²) in [5.41, 5.74) is 3.40. The van der Waals surface area contributed by atoms with Crippen molar-refractivity contribution in [2.24, 2.45) is 29.4 Å². The summed E-state index contributed by atoms with van der Waals surface area (Å²) in [7, 11) is 0. The van der Waals surface area contributed by atoms with Crippen LogP contribution in [0.2, 0.25) is 0 Å². The van der Waals surface area contributed by atoms with Gasteiger partial charge in [0.05, 0.1) is 21.6 Å². The topological polar surface area (TPSA) is 105 Å². The number of carbonyl (C=O) groups is 3. The highest BCUT2D eigenvalue weighted by molar-refractivity contribution is 7.80.